The summed E-state index contributed by atoms with van der Waals surface area (Å²) in [5.41, 5.74) is 0.0385. The fourth-order valence-corrected chi connectivity index (χ4v) is 6.78. The second kappa shape index (κ2) is 11.3. The summed E-state index contributed by atoms with van der Waals surface area (Å²) < 4.78 is 15.4. The molecule has 1 aromatic carbocycles. The van der Waals surface area contributed by atoms with Crippen molar-refractivity contribution in [2.45, 2.75) is 69.0 Å². The lowest BCUT2D eigenvalue weighted by Crippen LogP contribution is -2.57. The van der Waals surface area contributed by atoms with Gasteiger partial charge in [-0.25, -0.2) is 24.2 Å². The van der Waals surface area contributed by atoms with Crippen LogP contribution in [0.5, 0.6) is 0 Å². The van der Waals surface area contributed by atoms with E-state index in [1.807, 2.05) is 29.2 Å². The molecule has 1 aliphatic carbocycles. The molecule has 0 radical (unpaired) electrons. The van der Waals surface area contributed by atoms with Gasteiger partial charge in [0, 0.05) is 11.7 Å². The zero-order valence-corrected chi connectivity index (χ0v) is 23.7. The Morgan fingerprint density at radius 2 is 1.73 bits per heavy atom. The molecular weight excluding hydrogens is 528 g/mol. The number of urea groups is 1. The first-order valence-electron chi connectivity index (χ1n) is 13.8. The average Bonchev–Trinajstić information content (AvgIpc) is 3.50. The summed E-state index contributed by atoms with van der Waals surface area (Å²) in [6.45, 7) is 1.92. The molecule has 216 valence electrons. The van der Waals surface area contributed by atoms with Crippen molar-refractivity contribution < 1.29 is 33.4 Å². The van der Waals surface area contributed by atoms with Crippen LogP contribution in [0.1, 0.15) is 51.0 Å². The zero-order chi connectivity index (χ0) is 29.3. The number of nitrogens with one attached hydrogen (secondary N) is 1. The van der Waals surface area contributed by atoms with Gasteiger partial charge in [0.2, 0.25) is 0 Å². The summed E-state index contributed by atoms with van der Waals surface area (Å²) in [6.07, 6.45) is 4.83. The van der Waals surface area contributed by atoms with Crippen molar-refractivity contribution in [3.05, 3.63) is 41.1 Å². The molecule has 2 amide bonds. The maximum absolute atomic E-state index is 14.0. The van der Waals surface area contributed by atoms with Crippen LogP contribution in [0.4, 0.5) is 10.5 Å². The van der Waals surface area contributed by atoms with Crippen LogP contribution < -0.4 is 10.2 Å². The largest absolute Gasteiger partial charge is 0.467 e. The van der Waals surface area contributed by atoms with E-state index in [4.69, 9.17) is 19.2 Å². The van der Waals surface area contributed by atoms with Crippen LogP contribution >= 0.6 is 0 Å². The van der Waals surface area contributed by atoms with Crippen LogP contribution in [0.25, 0.3) is 0 Å². The average molecular weight is 563 g/mol. The minimum atomic E-state index is -1.17. The number of aliphatic imine (C=N–C) groups is 1. The number of amidine groups is 1. The molecule has 1 saturated heterocycles. The van der Waals surface area contributed by atoms with Gasteiger partial charge in [-0.3, -0.25) is 4.90 Å². The molecule has 0 aromatic heterocycles. The highest BCUT2D eigenvalue weighted by Crippen LogP contribution is 2.57. The van der Waals surface area contributed by atoms with Crippen molar-refractivity contribution in [2.24, 2.45) is 4.99 Å². The smallest absolute Gasteiger partial charge is 0.357 e. The monoisotopic (exact) mass is 562 g/mol. The van der Waals surface area contributed by atoms with E-state index in [9.17, 15) is 19.2 Å². The lowest BCUT2D eigenvalue weighted by atomic mass is 9.69. The first kappa shape index (κ1) is 28.2. The number of amides is 2. The molecule has 1 N–H and O–H groups in total. The van der Waals surface area contributed by atoms with Crippen molar-refractivity contribution in [3.8, 4) is 11.8 Å². The SMILES string of the molecule is CC#CCN1c2ccccc2[C@]23C[C@@H](C(=O)OC)N(C(=O)NC4CCCCC4)C2=NC(C(=O)OC)=C(C(=O)OC)[C@H]13. The number of hydrogen-bond acceptors (Lipinski definition) is 9. The van der Waals surface area contributed by atoms with E-state index < -0.39 is 41.4 Å². The van der Waals surface area contributed by atoms with Gasteiger partial charge in [-0.15, -0.1) is 5.92 Å². The molecule has 2 fully saturated rings. The van der Waals surface area contributed by atoms with Gasteiger partial charge in [-0.2, -0.15) is 0 Å². The first-order chi connectivity index (χ1) is 19.8. The van der Waals surface area contributed by atoms with Crippen molar-refractivity contribution in [1.29, 1.82) is 0 Å². The number of nitrogens with zero attached hydrogens (tertiary/aromatic N) is 3. The number of para-hydroxylation sites is 1. The molecule has 5 rings (SSSR count). The number of anilines is 1. The third-order valence-corrected chi connectivity index (χ3v) is 8.51. The summed E-state index contributed by atoms with van der Waals surface area (Å²) in [5, 5.41) is 3.09. The number of rotatable bonds is 5. The third kappa shape index (κ3) is 4.42. The molecule has 0 bridgehead atoms. The van der Waals surface area contributed by atoms with Gasteiger partial charge in [-0.1, -0.05) is 43.4 Å². The van der Waals surface area contributed by atoms with E-state index in [2.05, 4.69) is 17.2 Å². The number of methoxy groups -OCH3 is 3. The van der Waals surface area contributed by atoms with E-state index in [1.54, 1.807) is 6.92 Å². The van der Waals surface area contributed by atoms with Gasteiger partial charge >= 0.3 is 23.9 Å². The second-order valence-corrected chi connectivity index (χ2v) is 10.5. The van der Waals surface area contributed by atoms with Gasteiger partial charge in [-0.05, 0) is 37.8 Å². The molecule has 1 spiro atoms. The van der Waals surface area contributed by atoms with Crippen molar-refractivity contribution in [3.63, 3.8) is 0 Å². The van der Waals surface area contributed by atoms with Crippen molar-refractivity contribution >= 4 is 35.5 Å². The fraction of sp³-hybridized carbons (Fsp3) is 0.500. The lowest BCUT2D eigenvalue weighted by Gasteiger charge is -2.40. The van der Waals surface area contributed by atoms with Gasteiger partial charge in [0.05, 0.1) is 44.9 Å². The van der Waals surface area contributed by atoms with E-state index >= 15 is 0 Å². The number of hydrogen-bond donors (Lipinski definition) is 1. The summed E-state index contributed by atoms with van der Waals surface area (Å²) in [6, 6.07) is 5.01. The van der Waals surface area contributed by atoms with Crippen LogP contribution in [-0.4, -0.2) is 80.7 Å². The molecule has 1 aromatic rings. The number of esters is 3. The molecule has 4 aliphatic rings. The zero-order valence-electron chi connectivity index (χ0n) is 23.7. The highest BCUT2D eigenvalue weighted by molar-refractivity contribution is 6.17. The molecule has 0 unspecified atom stereocenters. The van der Waals surface area contributed by atoms with Crippen LogP contribution in [0.3, 0.4) is 0 Å². The van der Waals surface area contributed by atoms with Crippen LogP contribution in [-0.2, 0) is 34.0 Å². The molecule has 3 atom stereocenters. The molecule has 3 aliphatic heterocycles. The number of ether oxygens (including phenoxy) is 3. The Kier molecular flexibility index (Phi) is 7.76. The Balaban J connectivity index is 1.78. The molecule has 3 heterocycles. The number of carbonyl (C=O) groups is 4. The van der Waals surface area contributed by atoms with Crippen LogP contribution in [0.2, 0.25) is 0 Å². The van der Waals surface area contributed by atoms with E-state index in [0.29, 0.717) is 0 Å². The Hall–Kier alpha value is -4.33. The predicted molar refractivity (Wildman–Crippen MR) is 149 cm³/mol. The van der Waals surface area contributed by atoms with E-state index in [1.165, 1.54) is 26.2 Å². The normalized spacial score (nSPS) is 24.7. The van der Waals surface area contributed by atoms with Crippen molar-refractivity contribution in [1.82, 2.24) is 10.2 Å². The third-order valence-electron chi connectivity index (χ3n) is 8.51. The van der Waals surface area contributed by atoms with Crippen LogP contribution in [0, 0.1) is 11.8 Å². The maximum atomic E-state index is 14.0. The number of benzene rings is 1. The number of fused-ring (bicyclic) bond motifs is 1. The Labute approximate surface area is 238 Å². The van der Waals surface area contributed by atoms with Gasteiger partial charge < -0.3 is 24.4 Å². The highest BCUT2D eigenvalue weighted by Gasteiger charge is 2.68. The Bertz CT molecular complexity index is 1400. The Morgan fingerprint density at radius 3 is 2.39 bits per heavy atom. The molecule has 41 heavy (non-hydrogen) atoms. The molecule has 1 saturated carbocycles. The molecular formula is C30H34N4O7. The second-order valence-electron chi connectivity index (χ2n) is 10.5. The van der Waals surface area contributed by atoms with Gasteiger partial charge in [0.1, 0.15) is 11.9 Å². The highest BCUT2D eigenvalue weighted by atomic mass is 16.5. The summed E-state index contributed by atoms with van der Waals surface area (Å²) >= 11 is 0. The molecule has 11 heteroatoms. The topological polar surface area (TPSA) is 127 Å². The number of carbonyl (C=O) groups excluding carboxylic acids is 4. The predicted octanol–water partition coefficient (Wildman–Crippen LogP) is 2.44. The quantitative estimate of drug-likeness (QED) is 0.330. The van der Waals surface area contributed by atoms with Crippen LogP contribution in [0.15, 0.2) is 40.5 Å². The van der Waals surface area contributed by atoms with E-state index in [-0.39, 0.29) is 36.1 Å². The number of likely N-dealkylation sites (tertiary alicyclic amines) is 1. The summed E-state index contributed by atoms with van der Waals surface area (Å²) in [4.78, 5) is 61.9. The summed E-state index contributed by atoms with van der Waals surface area (Å²) in [7, 11) is 3.68. The maximum Gasteiger partial charge on any atom is 0.357 e. The Morgan fingerprint density at radius 1 is 1.02 bits per heavy atom. The lowest BCUT2D eigenvalue weighted by molar-refractivity contribution is -0.144. The van der Waals surface area contributed by atoms with Gasteiger partial charge in [0.15, 0.2) is 5.70 Å². The molecule has 11 nitrogen and oxygen atoms in total. The standard InChI is InChI=1S/C30H34N4O7/c1-5-6-16-33-20-15-11-10-14-19(20)30-17-21(25(35)39-2)34(29(38)31-18-12-8-7-9-13-18)28(30)32-23(27(37)41-4)22(24(30)33)26(36)40-3/h10-11,14-15,18,21,24H,7-9,12-13,16-17H2,1-4H3,(H,31,38)/t21-,24-,30-/m0/s1. The van der Waals surface area contributed by atoms with E-state index in [0.717, 1.165) is 43.4 Å². The summed E-state index contributed by atoms with van der Waals surface area (Å²) in [5.74, 6) is 3.89. The minimum Gasteiger partial charge on any atom is -0.467 e. The van der Waals surface area contributed by atoms with Crippen molar-refractivity contribution in [2.75, 3.05) is 32.8 Å². The first-order valence-corrected chi connectivity index (χ1v) is 13.8. The van der Waals surface area contributed by atoms with Gasteiger partial charge in [0.25, 0.3) is 0 Å². The minimum absolute atomic E-state index is 0.0182. The fourth-order valence-electron chi connectivity index (χ4n) is 6.78.